The van der Waals surface area contributed by atoms with E-state index in [1.54, 1.807) is 0 Å². The number of amides is 1. The Morgan fingerprint density at radius 3 is 2.73 bits per heavy atom. The van der Waals surface area contributed by atoms with Gasteiger partial charge in [-0.25, -0.2) is 9.97 Å². The van der Waals surface area contributed by atoms with Crippen LogP contribution in [0, 0.1) is 12.3 Å². The molecule has 2 heterocycles. The van der Waals surface area contributed by atoms with Gasteiger partial charge in [0.1, 0.15) is 5.65 Å². The average Bonchev–Trinajstić information content (AvgIpc) is 3.06. The summed E-state index contributed by atoms with van der Waals surface area (Å²) in [7, 11) is 0. The summed E-state index contributed by atoms with van der Waals surface area (Å²) in [5, 5.41) is 4.10. The lowest BCUT2D eigenvalue weighted by atomic mass is 10.2. The summed E-state index contributed by atoms with van der Waals surface area (Å²) in [5.74, 6) is 2.31. The molecule has 1 atom stereocenters. The van der Waals surface area contributed by atoms with Gasteiger partial charge in [0.05, 0.1) is 28.3 Å². The first-order valence-electron chi connectivity index (χ1n) is 8.23. The van der Waals surface area contributed by atoms with Crippen molar-refractivity contribution in [3.8, 4) is 12.3 Å². The number of nitrogens with zero attached hydrogens (tertiary/aromatic N) is 3. The molecule has 6 heteroatoms. The highest BCUT2D eigenvalue weighted by atomic mass is 32.2. The van der Waals surface area contributed by atoms with Crippen LogP contribution in [0.1, 0.15) is 6.92 Å². The molecule has 128 valence electrons. The SMILES string of the molecule is C#CCNC(=O)C(C)Sc1nc2ccccc2c2nc3ccccc3n12. The van der Waals surface area contributed by atoms with Gasteiger partial charge < -0.3 is 5.32 Å². The van der Waals surface area contributed by atoms with Crippen molar-refractivity contribution in [2.75, 3.05) is 6.54 Å². The molecule has 1 N–H and O–H groups in total. The zero-order valence-electron chi connectivity index (χ0n) is 14.1. The van der Waals surface area contributed by atoms with Crippen LogP contribution in [0.3, 0.4) is 0 Å². The predicted octanol–water partition coefficient (Wildman–Crippen LogP) is 3.27. The van der Waals surface area contributed by atoms with E-state index in [9.17, 15) is 4.79 Å². The zero-order chi connectivity index (χ0) is 18.1. The summed E-state index contributed by atoms with van der Waals surface area (Å²) in [6.07, 6.45) is 5.22. The van der Waals surface area contributed by atoms with E-state index >= 15 is 0 Å². The van der Waals surface area contributed by atoms with Gasteiger partial charge in [-0.1, -0.05) is 41.9 Å². The third-order valence-electron chi connectivity index (χ3n) is 4.13. The van der Waals surface area contributed by atoms with Crippen LogP contribution in [-0.2, 0) is 4.79 Å². The summed E-state index contributed by atoms with van der Waals surface area (Å²) >= 11 is 1.40. The summed E-state index contributed by atoms with van der Waals surface area (Å²) in [6.45, 7) is 2.07. The highest BCUT2D eigenvalue weighted by Crippen LogP contribution is 2.30. The molecule has 0 radical (unpaired) electrons. The number of terminal acetylenes is 1. The van der Waals surface area contributed by atoms with Crippen LogP contribution >= 0.6 is 11.8 Å². The molecule has 2 aromatic heterocycles. The van der Waals surface area contributed by atoms with Crippen LogP contribution < -0.4 is 5.32 Å². The van der Waals surface area contributed by atoms with Crippen molar-refractivity contribution in [3.05, 3.63) is 48.5 Å². The first-order valence-corrected chi connectivity index (χ1v) is 9.11. The normalized spacial score (nSPS) is 12.3. The topological polar surface area (TPSA) is 59.3 Å². The first kappa shape index (κ1) is 16.4. The average molecular weight is 360 g/mol. The lowest BCUT2D eigenvalue weighted by Crippen LogP contribution is -2.31. The van der Waals surface area contributed by atoms with E-state index in [-0.39, 0.29) is 17.7 Å². The van der Waals surface area contributed by atoms with E-state index in [0.717, 1.165) is 32.7 Å². The molecule has 0 aliphatic rings. The van der Waals surface area contributed by atoms with Gasteiger partial charge in [-0.3, -0.25) is 9.20 Å². The molecular weight excluding hydrogens is 344 g/mol. The minimum atomic E-state index is -0.332. The van der Waals surface area contributed by atoms with E-state index in [1.165, 1.54) is 11.8 Å². The number of benzene rings is 2. The molecule has 26 heavy (non-hydrogen) atoms. The van der Waals surface area contributed by atoms with Gasteiger partial charge in [0.15, 0.2) is 5.16 Å². The maximum Gasteiger partial charge on any atom is 0.234 e. The van der Waals surface area contributed by atoms with Gasteiger partial charge in [-0.05, 0) is 31.2 Å². The smallest absolute Gasteiger partial charge is 0.234 e. The van der Waals surface area contributed by atoms with Crippen LogP contribution in [0.15, 0.2) is 53.7 Å². The molecular formula is C20H16N4OS. The van der Waals surface area contributed by atoms with E-state index < -0.39 is 0 Å². The van der Waals surface area contributed by atoms with Crippen molar-refractivity contribution in [1.29, 1.82) is 0 Å². The van der Waals surface area contributed by atoms with Crippen LogP contribution in [-0.4, -0.2) is 32.1 Å². The molecule has 1 unspecified atom stereocenters. The minimum absolute atomic E-state index is 0.111. The van der Waals surface area contributed by atoms with Gasteiger partial charge in [0.25, 0.3) is 0 Å². The molecule has 4 aromatic rings. The largest absolute Gasteiger partial charge is 0.344 e. The standard InChI is InChI=1S/C20H16N4OS/c1-3-12-21-19(25)13(2)26-20-23-15-9-5-4-8-14(15)18-22-16-10-6-7-11-17(16)24(18)20/h1,4-11,13H,12H2,2H3,(H,21,25). The number of carbonyl (C=O) groups excluding carboxylic acids is 1. The van der Waals surface area contributed by atoms with E-state index in [1.807, 2.05) is 59.9 Å². The third kappa shape index (κ3) is 2.76. The molecule has 1 amide bonds. The van der Waals surface area contributed by atoms with Crippen molar-refractivity contribution in [1.82, 2.24) is 19.7 Å². The summed E-state index contributed by atoms with van der Waals surface area (Å²) in [5.41, 5.74) is 3.57. The van der Waals surface area contributed by atoms with Gasteiger partial charge in [-0.15, -0.1) is 6.42 Å². The number of imidazole rings is 1. The highest BCUT2D eigenvalue weighted by Gasteiger charge is 2.19. The van der Waals surface area contributed by atoms with Crippen LogP contribution in [0.5, 0.6) is 0 Å². The Hall–Kier alpha value is -3.04. The monoisotopic (exact) mass is 360 g/mol. The van der Waals surface area contributed by atoms with E-state index in [0.29, 0.717) is 0 Å². The predicted molar refractivity (Wildman–Crippen MR) is 105 cm³/mol. The number of para-hydroxylation sites is 3. The van der Waals surface area contributed by atoms with Gasteiger partial charge in [-0.2, -0.15) is 0 Å². The van der Waals surface area contributed by atoms with Crippen LogP contribution in [0.4, 0.5) is 0 Å². The van der Waals surface area contributed by atoms with Crippen LogP contribution in [0.25, 0.3) is 27.6 Å². The summed E-state index contributed by atoms with van der Waals surface area (Å²) in [6, 6.07) is 15.8. The van der Waals surface area contributed by atoms with Gasteiger partial charge >= 0.3 is 0 Å². The number of hydrogen-bond acceptors (Lipinski definition) is 4. The Balaban J connectivity index is 1.89. The molecule has 0 fully saturated rings. The molecule has 0 spiro atoms. The van der Waals surface area contributed by atoms with Crippen molar-refractivity contribution in [2.45, 2.75) is 17.3 Å². The second-order valence-corrected chi connectivity index (χ2v) is 7.16. The molecule has 0 aliphatic heterocycles. The number of hydrogen-bond donors (Lipinski definition) is 1. The molecule has 0 saturated heterocycles. The van der Waals surface area contributed by atoms with E-state index in [2.05, 4.69) is 11.2 Å². The lowest BCUT2D eigenvalue weighted by Gasteiger charge is -2.13. The number of aromatic nitrogens is 3. The summed E-state index contributed by atoms with van der Waals surface area (Å²) < 4.78 is 2.02. The van der Waals surface area contributed by atoms with Crippen molar-refractivity contribution >= 4 is 45.3 Å². The molecule has 0 saturated carbocycles. The molecule has 2 aromatic carbocycles. The first-order chi connectivity index (χ1) is 12.7. The fraction of sp³-hybridized carbons (Fsp3) is 0.150. The number of nitrogens with one attached hydrogen (secondary N) is 1. The van der Waals surface area contributed by atoms with Gasteiger partial charge in [0, 0.05) is 5.39 Å². The second-order valence-electron chi connectivity index (χ2n) is 5.85. The second kappa shape index (κ2) is 6.70. The Labute approximate surface area is 154 Å². The Morgan fingerprint density at radius 2 is 1.92 bits per heavy atom. The van der Waals surface area contributed by atoms with Crippen molar-refractivity contribution in [2.24, 2.45) is 0 Å². The van der Waals surface area contributed by atoms with Crippen LogP contribution in [0.2, 0.25) is 0 Å². The summed E-state index contributed by atoms with van der Waals surface area (Å²) in [4.78, 5) is 21.8. The quantitative estimate of drug-likeness (QED) is 0.345. The van der Waals surface area contributed by atoms with Crippen molar-refractivity contribution < 1.29 is 4.79 Å². The van der Waals surface area contributed by atoms with E-state index in [4.69, 9.17) is 16.4 Å². The maximum atomic E-state index is 12.2. The highest BCUT2D eigenvalue weighted by molar-refractivity contribution is 8.00. The van der Waals surface area contributed by atoms with Crippen molar-refractivity contribution in [3.63, 3.8) is 0 Å². The maximum absolute atomic E-state index is 12.2. The molecule has 5 nitrogen and oxygen atoms in total. The molecule has 4 rings (SSSR count). The van der Waals surface area contributed by atoms with Gasteiger partial charge in [0.2, 0.25) is 5.91 Å². The lowest BCUT2D eigenvalue weighted by molar-refractivity contribution is -0.120. The minimum Gasteiger partial charge on any atom is -0.344 e. The Morgan fingerprint density at radius 1 is 1.19 bits per heavy atom. The fourth-order valence-electron chi connectivity index (χ4n) is 2.89. The molecule has 0 aliphatic carbocycles. The Kier molecular flexibility index (Phi) is 4.23. The molecule has 0 bridgehead atoms. The number of fused-ring (bicyclic) bond motifs is 5. The fourth-order valence-corrected chi connectivity index (χ4v) is 3.83. The number of thioether (sulfide) groups is 1. The zero-order valence-corrected chi connectivity index (χ0v) is 15.0. The number of rotatable bonds is 4. The number of carbonyl (C=O) groups is 1. The third-order valence-corrected chi connectivity index (χ3v) is 5.18. The Bertz CT molecular complexity index is 1180.